The summed E-state index contributed by atoms with van der Waals surface area (Å²) < 4.78 is 5.49. The number of rotatable bonds is 4. The molecule has 0 aliphatic carbocycles. The van der Waals surface area contributed by atoms with Crippen molar-refractivity contribution in [1.82, 2.24) is 0 Å². The fourth-order valence-electron chi connectivity index (χ4n) is 1.47. The average Bonchev–Trinajstić information content (AvgIpc) is 2.47. The van der Waals surface area contributed by atoms with Crippen molar-refractivity contribution in [1.29, 1.82) is 0 Å². The first-order chi connectivity index (χ1) is 6.13. The summed E-state index contributed by atoms with van der Waals surface area (Å²) in [5, 5.41) is 0. The average molecular weight is 180 g/mol. The summed E-state index contributed by atoms with van der Waals surface area (Å²) in [6.45, 7) is 5.62. The first kappa shape index (κ1) is 10.0. The lowest BCUT2D eigenvalue weighted by Gasteiger charge is -2.08. The SMILES string of the molecule is CCC(CC(C)=O)c1ccc(C)o1. The van der Waals surface area contributed by atoms with Gasteiger partial charge >= 0.3 is 0 Å². The Bertz CT molecular complexity index is 286. The Kier molecular flexibility index (Phi) is 3.29. The summed E-state index contributed by atoms with van der Waals surface area (Å²) >= 11 is 0. The summed E-state index contributed by atoms with van der Waals surface area (Å²) in [5.41, 5.74) is 0. The third kappa shape index (κ3) is 2.72. The molecule has 0 aliphatic heterocycles. The number of hydrogen-bond donors (Lipinski definition) is 0. The molecule has 1 aromatic heterocycles. The van der Waals surface area contributed by atoms with E-state index >= 15 is 0 Å². The number of hydrogen-bond acceptors (Lipinski definition) is 2. The second-order valence-electron chi connectivity index (χ2n) is 3.46. The summed E-state index contributed by atoms with van der Waals surface area (Å²) in [6.07, 6.45) is 1.54. The number of carbonyl (C=O) groups is 1. The highest BCUT2D eigenvalue weighted by Crippen LogP contribution is 2.25. The largest absolute Gasteiger partial charge is 0.466 e. The predicted octanol–water partition coefficient (Wildman–Crippen LogP) is 3.06. The fraction of sp³-hybridized carbons (Fsp3) is 0.545. The highest BCUT2D eigenvalue weighted by atomic mass is 16.3. The van der Waals surface area contributed by atoms with Gasteiger partial charge in [0.2, 0.25) is 0 Å². The molecular formula is C11H16O2. The monoisotopic (exact) mass is 180 g/mol. The van der Waals surface area contributed by atoms with E-state index in [-0.39, 0.29) is 11.7 Å². The van der Waals surface area contributed by atoms with Crippen LogP contribution in [0.15, 0.2) is 16.5 Å². The van der Waals surface area contributed by atoms with Gasteiger partial charge < -0.3 is 9.21 Å². The van der Waals surface area contributed by atoms with E-state index in [4.69, 9.17) is 4.42 Å². The van der Waals surface area contributed by atoms with Crippen LogP contribution < -0.4 is 0 Å². The zero-order valence-electron chi connectivity index (χ0n) is 8.46. The number of ketones is 1. The molecule has 0 aromatic carbocycles. The number of aryl methyl sites for hydroxylation is 1. The van der Waals surface area contributed by atoms with Gasteiger partial charge in [-0.25, -0.2) is 0 Å². The van der Waals surface area contributed by atoms with Gasteiger partial charge in [0.25, 0.3) is 0 Å². The van der Waals surface area contributed by atoms with Gasteiger partial charge in [0.1, 0.15) is 17.3 Å². The predicted molar refractivity (Wildman–Crippen MR) is 51.8 cm³/mol. The van der Waals surface area contributed by atoms with Gasteiger partial charge in [-0.15, -0.1) is 0 Å². The normalized spacial score (nSPS) is 12.8. The maximum atomic E-state index is 11.0. The molecule has 0 amide bonds. The van der Waals surface area contributed by atoms with Crippen molar-refractivity contribution in [2.24, 2.45) is 0 Å². The standard InChI is InChI=1S/C11H16O2/c1-4-10(7-8(2)12)11-6-5-9(3)13-11/h5-6,10H,4,7H2,1-3H3. The van der Waals surface area contributed by atoms with E-state index in [0.29, 0.717) is 6.42 Å². The molecule has 0 saturated heterocycles. The molecule has 1 unspecified atom stereocenters. The molecule has 0 saturated carbocycles. The zero-order chi connectivity index (χ0) is 9.84. The smallest absolute Gasteiger partial charge is 0.130 e. The van der Waals surface area contributed by atoms with Crippen molar-refractivity contribution in [2.75, 3.05) is 0 Å². The van der Waals surface area contributed by atoms with Crippen LogP contribution in [0.2, 0.25) is 0 Å². The number of furan rings is 1. The van der Waals surface area contributed by atoms with E-state index in [1.807, 2.05) is 19.1 Å². The molecule has 1 heterocycles. The quantitative estimate of drug-likeness (QED) is 0.712. The Morgan fingerprint density at radius 1 is 1.54 bits per heavy atom. The minimum Gasteiger partial charge on any atom is -0.466 e. The summed E-state index contributed by atoms with van der Waals surface area (Å²) in [6, 6.07) is 3.91. The Hall–Kier alpha value is -1.05. The molecule has 72 valence electrons. The van der Waals surface area contributed by atoms with E-state index in [2.05, 4.69) is 6.92 Å². The molecule has 1 aromatic rings. The third-order valence-electron chi connectivity index (χ3n) is 2.19. The van der Waals surface area contributed by atoms with Gasteiger partial charge in [-0.2, -0.15) is 0 Å². The van der Waals surface area contributed by atoms with Crippen LogP contribution in [0.3, 0.4) is 0 Å². The second kappa shape index (κ2) is 4.26. The van der Waals surface area contributed by atoms with Crippen molar-refractivity contribution in [3.8, 4) is 0 Å². The lowest BCUT2D eigenvalue weighted by molar-refractivity contribution is -0.117. The molecule has 2 nitrogen and oxygen atoms in total. The first-order valence-electron chi connectivity index (χ1n) is 4.69. The van der Waals surface area contributed by atoms with E-state index in [0.717, 1.165) is 17.9 Å². The molecular weight excluding hydrogens is 164 g/mol. The van der Waals surface area contributed by atoms with Gasteiger partial charge in [0.05, 0.1) is 0 Å². The minimum absolute atomic E-state index is 0.223. The highest BCUT2D eigenvalue weighted by molar-refractivity contribution is 5.76. The molecule has 2 heteroatoms. The highest BCUT2D eigenvalue weighted by Gasteiger charge is 2.14. The van der Waals surface area contributed by atoms with Gasteiger partial charge in [-0.3, -0.25) is 0 Å². The van der Waals surface area contributed by atoms with Crippen LogP contribution >= 0.6 is 0 Å². The van der Waals surface area contributed by atoms with Crippen molar-refractivity contribution in [3.05, 3.63) is 23.7 Å². The summed E-state index contributed by atoms with van der Waals surface area (Å²) in [5.74, 6) is 2.33. The molecule has 13 heavy (non-hydrogen) atoms. The van der Waals surface area contributed by atoms with Gasteiger partial charge in [-0.05, 0) is 32.4 Å². The lowest BCUT2D eigenvalue weighted by Crippen LogP contribution is -2.01. The van der Waals surface area contributed by atoms with Crippen LogP contribution in [-0.4, -0.2) is 5.78 Å². The Balaban J connectivity index is 2.72. The van der Waals surface area contributed by atoms with Gasteiger partial charge in [-0.1, -0.05) is 6.92 Å². The summed E-state index contributed by atoms with van der Waals surface area (Å²) in [7, 11) is 0. The third-order valence-corrected chi connectivity index (χ3v) is 2.19. The van der Waals surface area contributed by atoms with Crippen molar-refractivity contribution in [3.63, 3.8) is 0 Å². The van der Waals surface area contributed by atoms with Crippen LogP contribution in [0.1, 0.15) is 44.1 Å². The van der Waals surface area contributed by atoms with Crippen LogP contribution in [0.5, 0.6) is 0 Å². The summed E-state index contributed by atoms with van der Waals surface area (Å²) in [4.78, 5) is 11.0. The van der Waals surface area contributed by atoms with Crippen LogP contribution in [0, 0.1) is 6.92 Å². The van der Waals surface area contributed by atoms with E-state index in [1.165, 1.54) is 0 Å². The minimum atomic E-state index is 0.223. The Morgan fingerprint density at radius 3 is 2.62 bits per heavy atom. The molecule has 0 spiro atoms. The number of carbonyl (C=O) groups excluding carboxylic acids is 1. The molecule has 0 aliphatic rings. The molecule has 0 radical (unpaired) electrons. The molecule has 0 bridgehead atoms. The Morgan fingerprint density at radius 2 is 2.23 bits per heavy atom. The topological polar surface area (TPSA) is 30.2 Å². The zero-order valence-corrected chi connectivity index (χ0v) is 8.46. The van der Waals surface area contributed by atoms with E-state index in [9.17, 15) is 4.79 Å². The molecule has 0 N–H and O–H groups in total. The lowest BCUT2D eigenvalue weighted by atomic mass is 9.98. The van der Waals surface area contributed by atoms with Crippen LogP contribution in [0.4, 0.5) is 0 Å². The van der Waals surface area contributed by atoms with E-state index < -0.39 is 0 Å². The second-order valence-corrected chi connectivity index (χ2v) is 3.46. The molecule has 0 fully saturated rings. The number of Topliss-reactive ketones (excluding diaryl/α,β-unsaturated/α-hetero) is 1. The van der Waals surface area contributed by atoms with Crippen molar-refractivity contribution < 1.29 is 9.21 Å². The van der Waals surface area contributed by atoms with Gasteiger partial charge in [0.15, 0.2) is 0 Å². The molecule has 1 atom stereocenters. The van der Waals surface area contributed by atoms with Crippen LogP contribution in [-0.2, 0) is 4.79 Å². The van der Waals surface area contributed by atoms with Crippen molar-refractivity contribution >= 4 is 5.78 Å². The Labute approximate surface area is 78.9 Å². The fourth-order valence-corrected chi connectivity index (χ4v) is 1.47. The maximum Gasteiger partial charge on any atom is 0.130 e. The van der Waals surface area contributed by atoms with Crippen LogP contribution in [0.25, 0.3) is 0 Å². The van der Waals surface area contributed by atoms with E-state index in [1.54, 1.807) is 6.92 Å². The van der Waals surface area contributed by atoms with Gasteiger partial charge in [0, 0.05) is 12.3 Å². The molecule has 1 rings (SSSR count). The first-order valence-corrected chi connectivity index (χ1v) is 4.69. The maximum absolute atomic E-state index is 11.0. The van der Waals surface area contributed by atoms with Crippen molar-refractivity contribution in [2.45, 2.75) is 39.5 Å².